The lowest BCUT2D eigenvalue weighted by Crippen LogP contribution is -2.45. The molecule has 1 aromatic carbocycles. The fraction of sp³-hybridized carbons (Fsp3) is 0.133. The molecule has 0 radical (unpaired) electrons. The van der Waals surface area contributed by atoms with Gasteiger partial charge in [-0.15, -0.1) is 0 Å². The minimum absolute atomic E-state index is 0.133. The van der Waals surface area contributed by atoms with Gasteiger partial charge in [-0.2, -0.15) is 0 Å². The maximum absolute atomic E-state index is 12.0. The number of pyridine rings is 1. The third kappa shape index (κ3) is 4.04. The van der Waals surface area contributed by atoms with Gasteiger partial charge >= 0.3 is 0 Å². The van der Waals surface area contributed by atoms with Gasteiger partial charge in [0.25, 0.3) is 5.91 Å². The number of benzene rings is 1. The molecule has 2 aromatic rings. The lowest BCUT2D eigenvalue weighted by molar-refractivity contribution is -0.119. The molecule has 0 fully saturated rings. The number of nitrogens with one attached hydrogen (secondary N) is 1. The molecule has 0 bridgehead atoms. The van der Waals surface area contributed by atoms with Crippen LogP contribution in [0.2, 0.25) is 0 Å². The smallest absolute Gasteiger partial charge is 0.253 e. The Morgan fingerprint density at radius 3 is 2.52 bits per heavy atom. The fourth-order valence-electron chi connectivity index (χ4n) is 1.83. The van der Waals surface area contributed by atoms with Crippen LogP contribution in [-0.2, 0) is 11.2 Å². The number of hydrogen-bond acceptors (Lipinski definition) is 4. The number of hydrogen-bond donors (Lipinski definition) is 3. The van der Waals surface area contributed by atoms with E-state index in [0.29, 0.717) is 5.56 Å². The van der Waals surface area contributed by atoms with Crippen molar-refractivity contribution in [3.05, 3.63) is 59.9 Å². The van der Waals surface area contributed by atoms with Crippen LogP contribution in [0.4, 0.5) is 0 Å². The van der Waals surface area contributed by atoms with Crippen LogP contribution in [0.1, 0.15) is 15.9 Å². The summed E-state index contributed by atoms with van der Waals surface area (Å²) >= 11 is 0. The topological polar surface area (TPSA) is 105 Å². The number of aromatic hydroxyl groups is 1. The Labute approximate surface area is 121 Å². The van der Waals surface area contributed by atoms with Gasteiger partial charge < -0.3 is 16.2 Å². The monoisotopic (exact) mass is 285 g/mol. The number of carbonyl (C=O) groups excluding carboxylic acids is 2. The van der Waals surface area contributed by atoms with Crippen LogP contribution in [-0.4, -0.2) is 27.9 Å². The molecule has 0 aliphatic heterocycles. The molecule has 1 heterocycles. The first-order valence-corrected chi connectivity index (χ1v) is 6.34. The van der Waals surface area contributed by atoms with Gasteiger partial charge in [0.15, 0.2) is 0 Å². The molecule has 2 rings (SSSR count). The maximum atomic E-state index is 12.0. The van der Waals surface area contributed by atoms with E-state index in [1.54, 1.807) is 30.5 Å². The summed E-state index contributed by atoms with van der Waals surface area (Å²) < 4.78 is 0. The molecule has 0 aliphatic rings. The summed E-state index contributed by atoms with van der Waals surface area (Å²) in [7, 11) is 0. The second kappa shape index (κ2) is 6.51. The van der Waals surface area contributed by atoms with Gasteiger partial charge in [-0.25, -0.2) is 0 Å². The number of nitrogens with two attached hydrogens (primary N) is 1. The number of phenols is 1. The molecule has 0 saturated carbocycles. The van der Waals surface area contributed by atoms with E-state index in [9.17, 15) is 14.7 Å². The molecule has 2 amide bonds. The molecular formula is C15H15N3O3. The van der Waals surface area contributed by atoms with Crippen molar-refractivity contribution in [3.63, 3.8) is 0 Å². The Bertz CT molecular complexity index is 626. The quantitative estimate of drug-likeness (QED) is 0.748. The van der Waals surface area contributed by atoms with Crippen LogP contribution in [0.15, 0.2) is 48.8 Å². The highest BCUT2D eigenvalue weighted by Gasteiger charge is 2.19. The highest BCUT2D eigenvalue weighted by atomic mass is 16.3. The zero-order chi connectivity index (χ0) is 15.2. The Morgan fingerprint density at radius 1 is 1.24 bits per heavy atom. The zero-order valence-electron chi connectivity index (χ0n) is 11.2. The van der Waals surface area contributed by atoms with Crippen LogP contribution < -0.4 is 11.1 Å². The number of rotatable bonds is 5. The molecule has 1 aromatic heterocycles. The molecule has 108 valence electrons. The van der Waals surface area contributed by atoms with Crippen LogP contribution in [0.25, 0.3) is 0 Å². The summed E-state index contributed by atoms with van der Waals surface area (Å²) in [6.07, 6.45) is 3.22. The molecule has 4 N–H and O–H groups in total. The van der Waals surface area contributed by atoms with Gasteiger partial charge in [-0.3, -0.25) is 14.6 Å². The predicted molar refractivity (Wildman–Crippen MR) is 76.5 cm³/mol. The van der Waals surface area contributed by atoms with E-state index in [4.69, 9.17) is 5.73 Å². The predicted octanol–water partition coefficient (Wildman–Crippen LogP) is 0.614. The minimum atomic E-state index is -0.831. The molecule has 0 saturated heterocycles. The van der Waals surface area contributed by atoms with Crippen molar-refractivity contribution in [3.8, 4) is 5.75 Å². The third-order valence-electron chi connectivity index (χ3n) is 2.95. The van der Waals surface area contributed by atoms with E-state index in [-0.39, 0.29) is 12.2 Å². The number of primary amides is 1. The first kappa shape index (κ1) is 14.5. The van der Waals surface area contributed by atoms with Gasteiger partial charge in [0.1, 0.15) is 11.8 Å². The van der Waals surface area contributed by atoms with Crippen molar-refractivity contribution in [2.45, 2.75) is 12.5 Å². The number of carbonyl (C=O) groups is 2. The molecular weight excluding hydrogens is 270 g/mol. The molecule has 0 spiro atoms. The second-order valence-corrected chi connectivity index (χ2v) is 4.54. The van der Waals surface area contributed by atoms with E-state index >= 15 is 0 Å². The maximum Gasteiger partial charge on any atom is 0.253 e. The summed E-state index contributed by atoms with van der Waals surface area (Å²) in [5.74, 6) is -0.903. The van der Waals surface area contributed by atoms with Gasteiger partial charge in [-0.05, 0) is 29.8 Å². The van der Waals surface area contributed by atoms with Crippen LogP contribution >= 0.6 is 0 Å². The summed E-state index contributed by atoms with van der Waals surface area (Å²) in [6.45, 7) is 0. The number of amides is 2. The lowest BCUT2D eigenvalue weighted by Gasteiger charge is -2.15. The van der Waals surface area contributed by atoms with Crippen molar-refractivity contribution >= 4 is 11.8 Å². The Morgan fingerprint density at radius 2 is 1.95 bits per heavy atom. The lowest BCUT2D eigenvalue weighted by atomic mass is 10.0. The summed E-state index contributed by atoms with van der Waals surface area (Å²) in [5.41, 5.74) is 6.46. The summed E-state index contributed by atoms with van der Waals surface area (Å²) in [6, 6.07) is 8.76. The van der Waals surface area contributed by atoms with Crippen molar-refractivity contribution in [1.82, 2.24) is 10.3 Å². The Balaban J connectivity index is 2.07. The van der Waals surface area contributed by atoms with Crippen LogP contribution in [0.5, 0.6) is 5.75 Å². The van der Waals surface area contributed by atoms with E-state index in [1.807, 2.05) is 0 Å². The number of aromatic nitrogens is 1. The van der Waals surface area contributed by atoms with E-state index in [1.165, 1.54) is 18.3 Å². The molecule has 1 atom stereocenters. The van der Waals surface area contributed by atoms with Gasteiger partial charge in [0.2, 0.25) is 5.91 Å². The van der Waals surface area contributed by atoms with Gasteiger partial charge in [0, 0.05) is 18.8 Å². The summed E-state index contributed by atoms with van der Waals surface area (Å²) in [5, 5.41) is 11.8. The van der Waals surface area contributed by atoms with Gasteiger partial charge in [0.05, 0.1) is 5.56 Å². The molecule has 21 heavy (non-hydrogen) atoms. The normalized spacial score (nSPS) is 11.6. The van der Waals surface area contributed by atoms with Gasteiger partial charge in [-0.1, -0.05) is 12.1 Å². The number of phenolic OH excluding ortho intramolecular Hbond substituents is 1. The zero-order valence-corrected chi connectivity index (χ0v) is 11.2. The first-order valence-electron chi connectivity index (χ1n) is 6.34. The van der Waals surface area contributed by atoms with E-state index < -0.39 is 17.9 Å². The minimum Gasteiger partial charge on any atom is -0.508 e. The fourth-order valence-corrected chi connectivity index (χ4v) is 1.83. The van der Waals surface area contributed by atoms with Crippen LogP contribution in [0, 0.1) is 0 Å². The highest BCUT2D eigenvalue weighted by Crippen LogP contribution is 2.11. The van der Waals surface area contributed by atoms with E-state index in [0.717, 1.165) is 5.56 Å². The summed E-state index contributed by atoms with van der Waals surface area (Å²) in [4.78, 5) is 27.3. The standard InChI is InChI=1S/C15H15N3O3/c16-14(20)13(8-10-3-5-12(19)6-4-10)18-15(21)11-2-1-7-17-9-11/h1-7,9,13,19H,8H2,(H2,16,20)(H,18,21)/t13-/m0/s1. The SMILES string of the molecule is NC(=O)[C@H](Cc1ccc(O)cc1)NC(=O)c1cccnc1. The second-order valence-electron chi connectivity index (χ2n) is 4.54. The van der Waals surface area contributed by atoms with Crippen molar-refractivity contribution in [1.29, 1.82) is 0 Å². The molecule has 0 unspecified atom stereocenters. The van der Waals surface area contributed by atoms with Crippen molar-refractivity contribution in [2.24, 2.45) is 5.73 Å². The van der Waals surface area contributed by atoms with Crippen LogP contribution in [0.3, 0.4) is 0 Å². The van der Waals surface area contributed by atoms with E-state index in [2.05, 4.69) is 10.3 Å². The highest BCUT2D eigenvalue weighted by molar-refractivity contribution is 5.97. The molecule has 0 aliphatic carbocycles. The third-order valence-corrected chi connectivity index (χ3v) is 2.95. The average molecular weight is 285 g/mol. The largest absolute Gasteiger partial charge is 0.508 e. The Hall–Kier alpha value is -2.89. The van der Waals surface area contributed by atoms with Crippen molar-refractivity contribution < 1.29 is 14.7 Å². The Kier molecular flexibility index (Phi) is 4.50. The molecule has 6 nitrogen and oxygen atoms in total. The number of nitrogens with zero attached hydrogens (tertiary/aromatic N) is 1. The first-order chi connectivity index (χ1) is 10.1. The molecule has 6 heteroatoms. The van der Waals surface area contributed by atoms with Crippen molar-refractivity contribution in [2.75, 3.05) is 0 Å². The average Bonchev–Trinajstić information content (AvgIpc) is 2.49.